The van der Waals surface area contributed by atoms with Gasteiger partial charge in [0.25, 0.3) is 5.91 Å². The van der Waals surface area contributed by atoms with Crippen LogP contribution in [0.3, 0.4) is 0 Å². The van der Waals surface area contributed by atoms with E-state index in [9.17, 15) is 27.5 Å². The monoisotopic (exact) mass is 469 g/mol. The van der Waals surface area contributed by atoms with Gasteiger partial charge in [-0.25, -0.2) is 4.39 Å². The van der Waals surface area contributed by atoms with E-state index in [4.69, 9.17) is 0 Å². The van der Waals surface area contributed by atoms with Crippen molar-refractivity contribution >= 4 is 5.91 Å². The van der Waals surface area contributed by atoms with Crippen molar-refractivity contribution in [1.82, 2.24) is 14.4 Å². The van der Waals surface area contributed by atoms with Gasteiger partial charge in [-0.05, 0) is 64.4 Å². The Morgan fingerprint density at radius 3 is 2.21 bits per heavy atom. The summed E-state index contributed by atoms with van der Waals surface area (Å²) in [5.74, 6) is -1.05. The first-order valence-corrected chi connectivity index (χ1v) is 11.1. The zero-order valence-electron chi connectivity index (χ0n) is 19.3. The van der Waals surface area contributed by atoms with E-state index >= 15 is 0 Å². The van der Waals surface area contributed by atoms with Gasteiger partial charge in [0.15, 0.2) is 0 Å². The third kappa shape index (κ3) is 6.14. The summed E-state index contributed by atoms with van der Waals surface area (Å²) < 4.78 is 55.8. The molecule has 1 amide bonds. The summed E-state index contributed by atoms with van der Waals surface area (Å²) in [7, 11) is 1.81. The van der Waals surface area contributed by atoms with Gasteiger partial charge >= 0.3 is 6.18 Å². The number of aliphatic hydroxyl groups is 1. The van der Waals surface area contributed by atoms with Crippen LogP contribution in [0.4, 0.5) is 17.6 Å². The number of likely N-dealkylation sites (N-methyl/N-ethyl adjacent to an activating group) is 1. The quantitative estimate of drug-likeness (QED) is 0.668. The van der Waals surface area contributed by atoms with Gasteiger partial charge in [0, 0.05) is 37.8 Å². The maximum absolute atomic E-state index is 14.5. The lowest BCUT2D eigenvalue weighted by molar-refractivity contribution is -0.143. The number of halogens is 4. The fourth-order valence-corrected chi connectivity index (χ4v) is 4.17. The molecule has 0 saturated heterocycles. The molecule has 0 spiro atoms. The molecule has 33 heavy (non-hydrogen) atoms. The number of hydrogen-bond acceptors (Lipinski definition) is 3. The van der Waals surface area contributed by atoms with Crippen LogP contribution >= 0.6 is 0 Å². The molecule has 0 bridgehead atoms. The van der Waals surface area contributed by atoms with Crippen LogP contribution in [0.1, 0.15) is 54.0 Å². The summed E-state index contributed by atoms with van der Waals surface area (Å²) in [5, 5.41) is 10.1. The molecule has 9 heteroatoms. The first-order chi connectivity index (χ1) is 15.4. The van der Waals surface area contributed by atoms with E-state index in [1.165, 1.54) is 0 Å². The molecule has 1 aliphatic rings. The number of rotatable bonds is 2. The van der Waals surface area contributed by atoms with Crippen LogP contribution < -0.4 is 0 Å². The fourth-order valence-electron chi connectivity index (χ4n) is 4.17. The lowest BCUT2D eigenvalue weighted by Gasteiger charge is -2.27. The van der Waals surface area contributed by atoms with E-state index in [2.05, 4.69) is 0 Å². The number of alkyl halides is 3. The molecule has 0 atom stereocenters. The maximum atomic E-state index is 14.5. The molecule has 0 unspecified atom stereocenters. The van der Waals surface area contributed by atoms with Gasteiger partial charge in [-0.15, -0.1) is 0 Å². The molecule has 0 fully saturated rings. The first-order valence-electron chi connectivity index (χ1n) is 11.1. The van der Waals surface area contributed by atoms with Crippen molar-refractivity contribution in [2.75, 3.05) is 33.2 Å². The number of benzene rings is 1. The molecule has 1 aliphatic heterocycles. The number of carbonyl (C=O) groups is 1. The highest BCUT2D eigenvalue weighted by Gasteiger charge is 2.37. The molecule has 5 nitrogen and oxygen atoms in total. The molecule has 3 rings (SSSR count). The van der Waals surface area contributed by atoms with Crippen LogP contribution in [-0.2, 0) is 24.7 Å². The predicted octanol–water partition coefficient (Wildman–Crippen LogP) is 4.28. The summed E-state index contributed by atoms with van der Waals surface area (Å²) >= 11 is 0. The number of nitrogens with zero attached hydrogens (tertiary/aromatic N) is 3. The van der Waals surface area contributed by atoms with Crippen molar-refractivity contribution in [2.24, 2.45) is 0 Å². The first kappa shape index (κ1) is 25.2. The lowest BCUT2D eigenvalue weighted by atomic mass is 9.97. The van der Waals surface area contributed by atoms with E-state index in [0.29, 0.717) is 56.2 Å². The van der Waals surface area contributed by atoms with Crippen LogP contribution in [0.2, 0.25) is 0 Å². The highest BCUT2D eigenvalue weighted by molar-refractivity contribution is 5.94. The second-order valence-electron chi connectivity index (χ2n) is 9.16. The van der Waals surface area contributed by atoms with Crippen molar-refractivity contribution in [1.29, 1.82) is 0 Å². The molecule has 1 aromatic heterocycles. The number of carbonyl (C=O) groups excluding carboxylic acids is 1. The topological polar surface area (TPSA) is 48.7 Å². The van der Waals surface area contributed by atoms with E-state index < -0.39 is 23.3 Å². The molecule has 2 heterocycles. The number of hydrogen-bond donors (Lipinski definition) is 1. The Labute approximate surface area is 191 Å². The Morgan fingerprint density at radius 1 is 0.970 bits per heavy atom. The van der Waals surface area contributed by atoms with E-state index in [-0.39, 0.29) is 24.6 Å². The second kappa shape index (κ2) is 9.85. The van der Waals surface area contributed by atoms with Gasteiger partial charge in [0.2, 0.25) is 0 Å². The molecule has 182 valence electrons. The van der Waals surface area contributed by atoms with E-state index in [0.717, 1.165) is 4.57 Å². The summed E-state index contributed by atoms with van der Waals surface area (Å²) in [5.41, 5.74) is -0.810. The minimum Gasteiger partial charge on any atom is -0.386 e. The molecule has 1 aromatic carbocycles. The highest BCUT2D eigenvalue weighted by atomic mass is 19.4. The summed E-state index contributed by atoms with van der Waals surface area (Å²) in [6.45, 7) is 5.13. The molecule has 0 saturated carbocycles. The highest BCUT2D eigenvalue weighted by Crippen LogP contribution is 2.33. The van der Waals surface area contributed by atoms with Gasteiger partial charge in [-0.2, -0.15) is 13.2 Å². The van der Waals surface area contributed by atoms with Gasteiger partial charge in [-0.1, -0.05) is 12.1 Å². The zero-order chi connectivity index (χ0) is 24.4. The number of aromatic nitrogens is 1. The molecular weight excluding hydrogens is 438 g/mol. The minimum absolute atomic E-state index is 0.0261. The van der Waals surface area contributed by atoms with Crippen LogP contribution in [0.25, 0.3) is 0 Å². The molecular formula is C24H31F4N3O2. The summed E-state index contributed by atoms with van der Waals surface area (Å²) in [6, 6.07) is 7.32. The van der Waals surface area contributed by atoms with Crippen molar-refractivity contribution in [2.45, 2.75) is 51.4 Å². The van der Waals surface area contributed by atoms with E-state index in [1.54, 1.807) is 50.1 Å². The Hall–Kier alpha value is -2.39. The smallest absolute Gasteiger partial charge is 0.386 e. The molecule has 1 N–H and O–H groups in total. The summed E-state index contributed by atoms with van der Waals surface area (Å²) in [4.78, 5) is 16.7. The number of amides is 1. The predicted molar refractivity (Wildman–Crippen MR) is 117 cm³/mol. The normalized spacial score (nSPS) is 17.3. The Morgan fingerprint density at radius 2 is 1.61 bits per heavy atom. The fraction of sp³-hybridized carbons (Fsp3) is 0.542. The van der Waals surface area contributed by atoms with Gasteiger partial charge in [-0.3, -0.25) is 4.79 Å². The lowest BCUT2D eigenvalue weighted by Crippen LogP contribution is -2.36. The van der Waals surface area contributed by atoms with Crippen molar-refractivity contribution in [3.63, 3.8) is 0 Å². The van der Waals surface area contributed by atoms with Gasteiger partial charge in [0.05, 0.1) is 11.3 Å². The van der Waals surface area contributed by atoms with Gasteiger partial charge in [0.1, 0.15) is 11.5 Å². The molecule has 2 aromatic rings. The van der Waals surface area contributed by atoms with E-state index in [1.807, 2.05) is 4.90 Å². The second-order valence-corrected chi connectivity index (χ2v) is 9.16. The van der Waals surface area contributed by atoms with Crippen molar-refractivity contribution < 1.29 is 27.5 Å². The zero-order valence-corrected chi connectivity index (χ0v) is 19.3. The molecule has 0 radical (unpaired) electrons. The van der Waals surface area contributed by atoms with Crippen molar-refractivity contribution in [3.8, 4) is 0 Å². The molecule has 0 aliphatic carbocycles. The van der Waals surface area contributed by atoms with Crippen LogP contribution in [-0.4, -0.2) is 58.6 Å². The average molecular weight is 470 g/mol. The van der Waals surface area contributed by atoms with Crippen molar-refractivity contribution in [3.05, 3.63) is 58.7 Å². The average Bonchev–Trinajstić information content (AvgIpc) is 3.05. The maximum Gasteiger partial charge on any atom is 0.431 e. The van der Waals surface area contributed by atoms with Crippen LogP contribution in [0.15, 0.2) is 30.3 Å². The Bertz CT molecular complexity index is 962. The SMILES string of the molecule is CN1CCCN(C(=O)c2ccc(C(C)(C)O)cc2)CCCc2c(F)cc(C(F)(F)F)n2CC1. The Balaban J connectivity index is 1.82. The third-order valence-corrected chi connectivity index (χ3v) is 6.09. The summed E-state index contributed by atoms with van der Waals surface area (Å²) in [6.07, 6.45) is -3.51. The van der Waals surface area contributed by atoms with Crippen LogP contribution in [0, 0.1) is 5.82 Å². The standard InChI is InChI=1S/C24H31F4N3O2/c1-23(2,33)18-9-7-17(8-10-18)22(32)30-12-4-6-20-19(25)16-21(24(26,27)28)31(20)15-14-29(3)11-5-13-30/h7-10,16,33H,4-6,11-15H2,1-3H3. The minimum atomic E-state index is -4.63. The van der Waals surface area contributed by atoms with Crippen LogP contribution in [0.5, 0.6) is 0 Å². The third-order valence-electron chi connectivity index (χ3n) is 6.09. The number of fused-ring (bicyclic) bond motifs is 1. The largest absolute Gasteiger partial charge is 0.431 e. The Kier molecular flexibility index (Phi) is 7.53. The van der Waals surface area contributed by atoms with Gasteiger partial charge < -0.3 is 19.5 Å².